The number of hydrogen-bond donors (Lipinski definition) is 0. The van der Waals surface area contributed by atoms with Gasteiger partial charge >= 0.3 is 0 Å². The summed E-state index contributed by atoms with van der Waals surface area (Å²) in [7, 11) is 0. The molecule has 7 heteroatoms. The molecule has 6 nitrogen and oxygen atoms in total. The molecule has 0 aliphatic carbocycles. The van der Waals surface area contributed by atoms with Crippen LogP contribution in [0, 0.1) is 0 Å². The van der Waals surface area contributed by atoms with Crippen LogP contribution in [0.3, 0.4) is 0 Å². The zero-order valence-electron chi connectivity index (χ0n) is 24.9. The molecule has 0 saturated heterocycles. The molecule has 9 aromatic rings. The Hall–Kier alpha value is -6.18. The highest BCUT2D eigenvalue weighted by molar-refractivity contribution is 7.00. The summed E-state index contributed by atoms with van der Waals surface area (Å²) in [5, 5.41) is 3.19. The molecule has 220 valence electrons. The minimum absolute atomic E-state index is 0.629. The Kier molecular flexibility index (Phi) is 6.54. The van der Waals surface area contributed by atoms with E-state index in [1.165, 1.54) is 11.7 Å². The van der Waals surface area contributed by atoms with E-state index < -0.39 is 0 Å². The summed E-state index contributed by atoms with van der Waals surface area (Å²) in [5.41, 5.74) is 9.72. The van der Waals surface area contributed by atoms with E-state index in [0.29, 0.717) is 17.5 Å². The zero-order valence-corrected chi connectivity index (χ0v) is 25.8. The third kappa shape index (κ3) is 4.90. The third-order valence-corrected chi connectivity index (χ3v) is 8.95. The zero-order chi connectivity index (χ0) is 31.2. The maximum atomic E-state index is 5.15. The lowest BCUT2D eigenvalue weighted by molar-refractivity contribution is 1.07. The van der Waals surface area contributed by atoms with Gasteiger partial charge in [0, 0.05) is 38.4 Å². The van der Waals surface area contributed by atoms with E-state index in [0.717, 1.165) is 71.8 Å². The second kappa shape index (κ2) is 11.3. The van der Waals surface area contributed by atoms with Crippen molar-refractivity contribution in [2.45, 2.75) is 0 Å². The van der Waals surface area contributed by atoms with E-state index in [9.17, 15) is 0 Å². The lowest BCUT2D eigenvalue weighted by Crippen LogP contribution is -2.00. The van der Waals surface area contributed by atoms with Gasteiger partial charge in [0.05, 0.1) is 22.9 Å². The molecule has 9 rings (SSSR count). The van der Waals surface area contributed by atoms with Crippen molar-refractivity contribution in [3.05, 3.63) is 146 Å². The molecular weight excluding hydrogens is 597 g/mol. The predicted octanol–water partition coefficient (Wildman–Crippen LogP) is 9.91. The van der Waals surface area contributed by atoms with Crippen molar-refractivity contribution in [2.24, 2.45) is 0 Å². The van der Waals surface area contributed by atoms with Gasteiger partial charge in [0.2, 0.25) is 0 Å². The van der Waals surface area contributed by atoms with Crippen molar-refractivity contribution in [2.75, 3.05) is 0 Å². The van der Waals surface area contributed by atoms with Crippen LogP contribution >= 0.6 is 11.7 Å². The monoisotopic (exact) mass is 620 g/mol. The van der Waals surface area contributed by atoms with Crippen molar-refractivity contribution in [3.63, 3.8) is 0 Å². The average molecular weight is 621 g/mol. The van der Waals surface area contributed by atoms with E-state index in [4.69, 9.17) is 24.3 Å². The summed E-state index contributed by atoms with van der Waals surface area (Å²) in [5.74, 6) is 1.92. The number of pyridine rings is 1. The second-order valence-corrected chi connectivity index (χ2v) is 11.8. The van der Waals surface area contributed by atoms with Gasteiger partial charge in [0.15, 0.2) is 17.5 Å². The molecule has 0 fully saturated rings. The van der Waals surface area contributed by atoms with Crippen molar-refractivity contribution in [1.29, 1.82) is 0 Å². The molecule has 0 aliphatic heterocycles. The third-order valence-electron chi connectivity index (χ3n) is 8.40. The topological polar surface area (TPSA) is 77.3 Å². The maximum absolute atomic E-state index is 5.15. The Morgan fingerprint density at radius 3 is 1.49 bits per heavy atom. The van der Waals surface area contributed by atoms with Crippen LogP contribution in [0.15, 0.2) is 146 Å². The van der Waals surface area contributed by atoms with Gasteiger partial charge in [-0.2, -0.15) is 8.75 Å². The molecule has 0 saturated carbocycles. The summed E-state index contributed by atoms with van der Waals surface area (Å²) in [6.45, 7) is 0. The van der Waals surface area contributed by atoms with E-state index in [1.807, 2.05) is 84.9 Å². The minimum Gasteiger partial charge on any atom is -0.247 e. The summed E-state index contributed by atoms with van der Waals surface area (Å²) < 4.78 is 9.26. The number of hydrogen-bond acceptors (Lipinski definition) is 7. The fraction of sp³-hybridized carbons (Fsp3) is 0. The maximum Gasteiger partial charge on any atom is 0.164 e. The molecule has 0 bridgehead atoms. The number of benzene rings is 6. The molecule has 47 heavy (non-hydrogen) atoms. The quantitative estimate of drug-likeness (QED) is 0.178. The van der Waals surface area contributed by atoms with Crippen molar-refractivity contribution < 1.29 is 0 Å². The van der Waals surface area contributed by atoms with E-state index in [1.54, 1.807) is 0 Å². The SMILES string of the molecule is c1ccc(-c2nc(-c3ccccc3)nc(-c3ccc(-c4ccc5nc(-c6ccccc6)c6ccc7nsnc7c6c5c4)cc3)n2)cc1. The van der Waals surface area contributed by atoms with Crippen LogP contribution in [0.25, 0.3) is 89.3 Å². The van der Waals surface area contributed by atoms with Gasteiger partial charge in [0.25, 0.3) is 0 Å². The minimum atomic E-state index is 0.629. The highest BCUT2D eigenvalue weighted by Gasteiger charge is 2.17. The molecule has 0 aliphatic rings. The Bertz CT molecular complexity index is 2490. The van der Waals surface area contributed by atoms with Crippen molar-refractivity contribution in [1.82, 2.24) is 28.7 Å². The van der Waals surface area contributed by atoms with E-state index in [2.05, 4.69) is 65.0 Å². The van der Waals surface area contributed by atoms with Gasteiger partial charge in [-0.05, 0) is 35.4 Å². The fourth-order valence-corrected chi connectivity index (χ4v) is 6.62. The molecular formula is C40H24N6S. The molecule has 0 atom stereocenters. The van der Waals surface area contributed by atoms with Crippen LogP contribution in [0.5, 0.6) is 0 Å². The van der Waals surface area contributed by atoms with Crippen molar-refractivity contribution >= 4 is 44.4 Å². The van der Waals surface area contributed by atoms with E-state index >= 15 is 0 Å². The Morgan fingerprint density at radius 1 is 0.362 bits per heavy atom. The lowest BCUT2D eigenvalue weighted by Gasteiger charge is -2.12. The van der Waals surface area contributed by atoms with Gasteiger partial charge < -0.3 is 0 Å². The smallest absolute Gasteiger partial charge is 0.164 e. The first kappa shape index (κ1) is 27.2. The molecule has 0 radical (unpaired) electrons. The molecule has 6 aromatic carbocycles. The predicted molar refractivity (Wildman–Crippen MR) is 191 cm³/mol. The van der Waals surface area contributed by atoms with Gasteiger partial charge in [-0.25, -0.2) is 19.9 Å². The highest BCUT2D eigenvalue weighted by atomic mass is 32.1. The largest absolute Gasteiger partial charge is 0.247 e. The number of rotatable bonds is 5. The standard InChI is InChI=1S/C40H24N6S/c1-4-10-26(11-5-1)36-31-21-23-34-37(46-47-45-34)35(31)32-24-30(20-22-33(32)41-36)25-16-18-29(19-17-25)40-43-38(27-12-6-2-7-13-27)42-39(44-40)28-14-8-3-9-15-28/h1-24H. The van der Waals surface area contributed by atoms with Crippen LogP contribution in [0.2, 0.25) is 0 Å². The average Bonchev–Trinajstić information content (AvgIpc) is 3.65. The van der Waals surface area contributed by atoms with E-state index in [-0.39, 0.29) is 0 Å². The highest BCUT2D eigenvalue weighted by Crippen LogP contribution is 2.38. The normalized spacial score (nSPS) is 11.4. The summed E-state index contributed by atoms with van der Waals surface area (Å²) in [6, 6.07) is 49.4. The van der Waals surface area contributed by atoms with Crippen LogP contribution < -0.4 is 0 Å². The second-order valence-electron chi connectivity index (χ2n) is 11.3. The molecule has 0 amide bonds. The van der Waals surface area contributed by atoms with Gasteiger partial charge in [-0.3, -0.25) is 0 Å². The molecule has 0 unspecified atom stereocenters. The summed E-state index contributed by atoms with van der Waals surface area (Å²) in [6.07, 6.45) is 0. The van der Waals surface area contributed by atoms with Gasteiger partial charge in [-0.1, -0.05) is 121 Å². The van der Waals surface area contributed by atoms with Crippen LogP contribution in [0.1, 0.15) is 0 Å². The first-order chi connectivity index (χ1) is 23.3. The van der Waals surface area contributed by atoms with Crippen molar-refractivity contribution in [3.8, 4) is 56.5 Å². The first-order valence-corrected chi connectivity index (χ1v) is 16.0. The Morgan fingerprint density at radius 2 is 0.872 bits per heavy atom. The first-order valence-electron chi connectivity index (χ1n) is 15.3. The number of fused-ring (bicyclic) bond motifs is 5. The van der Waals surface area contributed by atoms with Gasteiger partial charge in [0.1, 0.15) is 11.0 Å². The van der Waals surface area contributed by atoms with Crippen LogP contribution in [0.4, 0.5) is 0 Å². The number of aromatic nitrogens is 6. The van der Waals surface area contributed by atoms with Crippen LogP contribution in [-0.2, 0) is 0 Å². The molecule has 0 spiro atoms. The fourth-order valence-electron chi connectivity index (χ4n) is 6.08. The Balaban J connectivity index is 1.16. The summed E-state index contributed by atoms with van der Waals surface area (Å²) in [4.78, 5) is 19.8. The molecule has 0 N–H and O–H groups in total. The molecule has 3 heterocycles. The Labute approximate surface area is 274 Å². The molecule has 3 aromatic heterocycles. The summed E-state index contributed by atoms with van der Waals surface area (Å²) >= 11 is 1.24. The lowest BCUT2D eigenvalue weighted by atomic mass is 9.96. The van der Waals surface area contributed by atoms with Gasteiger partial charge in [-0.15, -0.1) is 0 Å². The number of nitrogens with zero attached hydrogens (tertiary/aromatic N) is 6. The van der Waals surface area contributed by atoms with Crippen LogP contribution in [-0.4, -0.2) is 28.7 Å².